The minimum Gasteiger partial charge on any atom is -0.474 e. The smallest absolute Gasteiger partial charge is 0.278 e. The van der Waals surface area contributed by atoms with E-state index in [9.17, 15) is 0 Å². The van der Waals surface area contributed by atoms with Crippen molar-refractivity contribution in [3.63, 3.8) is 0 Å². The van der Waals surface area contributed by atoms with Gasteiger partial charge in [-0.15, -0.1) is 0 Å². The first-order chi connectivity index (χ1) is 13.8. The molecule has 1 aromatic heterocycles. The Kier molecular flexibility index (Phi) is 11.4. The number of benzene rings is 1. The molecular formula is C24H38N2O2. The maximum absolute atomic E-state index is 5.96. The fraction of sp³-hybridized carbons (Fsp3) is 0.667. The van der Waals surface area contributed by atoms with Crippen LogP contribution in [0.3, 0.4) is 0 Å². The Hall–Kier alpha value is -1.84. The van der Waals surface area contributed by atoms with E-state index in [1.54, 1.807) is 0 Å². The van der Waals surface area contributed by atoms with E-state index in [1.807, 2.05) is 24.3 Å². The van der Waals surface area contributed by atoms with E-state index in [0.717, 1.165) is 23.9 Å². The second kappa shape index (κ2) is 14.2. The number of unbranched alkanes of at least 4 members (excludes halogenated alkanes) is 10. The highest BCUT2D eigenvalue weighted by molar-refractivity contribution is 5.75. The van der Waals surface area contributed by atoms with Gasteiger partial charge < -0.3 is 9.47 Å². The van der Waals surface area contributed by atoms with Crippen LogP contribution >= 0.6 is 0 Å². The van der Waals surface area contributed by atoms with Crippen molar-refractivity contribution in [3.05, 3.63) is 24.3 Å². The van der Waals surface area contributed by atoms with E-state index in [4.69, 9.17) is 9.47 Å². The fourth-order valence-corrected chi connectivity index (χ4v) is 3.26. The molecule has 0 atom stereocenters. The Morgan fingerprint density at radius 1 is 0.571 bits per heavy atom. The normalized spacial score (nSPS) is 11.1. The summed E-state index contributed by atoms with van der Waals surface area (Å²) in [5.41, 5.74) is 1.71. The molecule has 2 rings (SSSR count). The Bertz CT molecular complexity index is 604. The van der Waals surface area contributed by atoms with Crippen molar-refractivity contribution in [3.8, 4) is 11.8 Å². The predicted octanol–water partition coefficient (Wildman–Crippen LogP) is 7.11. The largest absolute Gasteiger partial charge is 0.474 e. The first-order valence-electron chi connectivity index (χ1n) is 11.4. The van der Waals surface area contributed by atoms with E-state index >= 15 is 0 Å². The van der Waals surface area contributed by atoms with Gasteiger partial charge in [0.25, 0.3) is 11.8 Å². The number of fused-ring (bicyclic) bond motifs is 1. The quantitative estimate of drug-likeness (QED) is 0.288. The van der Waals surface area contributed by atoms with Crippen molar-refractivity contribution >= 4 is 11.0 Å². The molecule has 28 heavy (non-hydrogen) atoms. The zero-order valence-corrected chi connectivity index (χ0v) is 17.9. The van der Waals surface area contributed by atoms with Crippen LogP contribution in [0.1, 0.15) is 90.9 Å². The van der Waals surface area contributed by atoms with Gasteiger partial charge in [0, 0.05) is 0 Å². The van der Waals surface area contributed by atoms with Crippen LogP contribution in [0.2, 0.25) is 0 Å². The Labute approximate surface area is 171 Å². The van der Waals surface area contributed by atoms with Gasteiger partial charge in [0.15, 0.2) is 0 Å². The zero-order valence-electron chi connectivity index (χ0n) is 17.9. The highest BCUT2D eigenvalue weighted by Gasteiger charge is 2.11. The molecule has 0 unspecified atom stereocenters. The molecule has 156 valence electrons. The molecule has 4 nitrogen and oxygen atoms in total. The molecule has 1 heterocycles. The minimum absolute atomic E-state index is 0.540. The van der Waals surface area contributed by atoms with E-state index in [-0.39, 0.29) is 0 Å². The summed E-state index contributed by atoms with van der Waals surface area (Å²) in [6.45, 7) is 5.83. The molecule has 4 heteroatoms. The van der Waals surface area contributed by atoms with E-state index in [2.05, 4.69) is 23.8 Å². The van der Waals surface area contributed by atoms with Gasteiger partial charge in [-0.1, -0.05) is 90.2 Å². The van der Waals surface area contributed by atoms with Crippen molar-refractivity contribution in [1.82, 2.24) is 9.97 Å². The fourth-order valence-electron chi connectivity index (χ4n) is 3.26. The van der Waals surface area contributed by atoms with Crippen LogP contribution in [-0.4, -0.2) is 23.2 Å². The monoisotopic (exact) mass is 386 g/mol. The second-order valence-electron chi connectivity index (χ2n) is 7.56. The maximum atomic E-state index is 5.96. The van der Waals surface area contributed by atoms with Gasteiger partial charge in [0.05, 0.1) is 24.2 Å². The average molecular weight is 387 g/mol. The number of ether oxygens (including phenoxy) is 2. The molecule has 0 spiro atoms. The highest BCUT2D eigenvalue weighted by atomic mass is 16.5. The van der Waals surface area contributed by atoms with Crippen LogP contribution in [0.4, 0.5) is 0 Å². The minimum atomic E-state index is 0.540. The Morgan fingerprint density at radius 3 is 1.39 bits per heavy atom. The summed E-state index contributed by atoms with van der Waals surface area (Å²) < 4.78 is 11.9. The number of nitrogens with zero attached hydrogens (tertiary/aromatic N) is 2. The van der Waals surface area contributed by atoms with Gasteiger partial charge >= 0.3 is 0 Å². The van der Waals surface area contributed by atoms with E-state index in [1.165, 1.54) is 64.2 Å². The molecule has 0 amide bonds. The molecule has 0 bridgehead atoms. The lowest BCUT2D eigenvalue weighted by molar-refractivity contribution is 0.243. The molecule has 0 saturated heterocycles. The third-order valence-corrected chi connectivity index (χ3v) is 4.98. The highest BCUT2D eigenvalue weighted by Crippen LogP contribution is 2.26. The lowest BCUT2D eigenvalue weighted by atomic mass is 10.1. The van der Waals surface area contributed by atoms with Crippen LogP contribution in [0.25, 0.3) is 11.0 Å². The number of hydrogen-bond donors (Lipinski definition) is 0. The second-order valence-corrected chi connectivity index (χ2v) is 7.56. The van der Waals surface area contributed by atoms with Gasteiger partial charge in [-0.3, -0.25) is 0 Å². The molecule has 0 aliphatic rings. The SMILES string of the molecule is CCCCCCCCOc1nc2ccccc2nc1OCCCCCCCC. The van der Waals surface area contributed by atoms with E-state index < -0.39 is 0 Å². The molecule has 2 aromatic rings. The molecular weight excluding hydrogens is 348 g/mol. The van der Waals surface area contributed by atoms with Gasteiger partial charge in [-0.25, -0.2) is 9.97 Å². The van der Waals surface area contributed by atoms with Crippen molar-refractivity contribution in [2.75, 3.05) is 13.2 Å². The first-order valence-corrected chi connectivity index (χ1v) is 11.4. The number of hydrogen-bond acceptors (Lipinski definition) is 4. The predicted molar refractivity (Wildman–Crippen MR) is 117 cm³/mol. The van der Waals surface area contributed by atoms with Gasteiger partial charge in [0.2, 0.25) is 0 Å². The summed E-state index contributed by atoms with van der Waals surface area (Å²) >= 11 is 0. The van der Waals surface area contributed by atoms with Crippen molar-refractivity contribution < 1.29 is 9.47 Å². The van der Waals surface area contributed by atoms with Crippen LogP contribution in [-0.2, 0) is 0 Å². The molecule has 0 aliphatic heterocycles. The molecule has 0 saturated carbocycles. The first kappa shape index (κ1) is 22.4. The van der Waals surface area contributed by atoms with Crippen molar-refractivity contribution in [1.29, 1.82) is 0 Å². The summed E-state index contributed by atoms with van der Waals surface area (Å²) in [7, 11) is 0. The molecule has 1 aromatic carbocycles. The average Bonchev–Trinajstić information content (AvgIpc) is 2.72. The Balaban J connectivity index is 1.84. The Morgan fingerprint density at radius 2 is 0.964 bits per heavy atom. The number of rotatable bonds is 16. The zero-order chi connectivity index (χ0) is 19.9. The summed E-state index contributed by atoms with van der Waals surface area (Å²) in [4.78, 5) is 9.30. The van der Waals surface area contributed by atoms with Crippen LogP contribution in [0.15, 0.2) is 24.3 Å². The molecule has 0 fully saturated rings. The molecule has 0 N–H and O–H groups in total. The third-order valence-electron chi connectivity index (χ3n) is 4.98. The number of aromatic nitrogens is 2. The summed E-state index contributed by atoms with van der Waals surface area (Å²) in [5, 5.41) is 0. The number of para-hydroxylation sites is 2. The van der Waals surface area contributed by atoms with Crippen molar-refractivity contribution in [2.45, 2.75) is 90.9 Å². The van der Waals surface area contributed by atoms with Crippen LogP contribution in [0.5, 0.6) is 11.8 Å². The lowest BCUT2D eigenvalue weighted by Crippen LogP contribution is -2.06. The maximum Gasteiger partial charge on any atom is 0.278 e. The van der Waals surface area contributed by atoms with Gasteiger partial charge in [-0.2, -0.15) is 0 Å². The third kappa shape index (κ3) is 8.45. The van der Waals surface area contributed by atoms with Crippen molar-refractivity contribution in [2.24, 2.45) is 0 Å². The summed E-state index contributed by atoms with van der Waals surface area (Å²) in [6, 6.07) is 7.89. The van der Waals surface area contributed by atoms with Gasteiger partial charge in [0.1, 0.15) is 0 Å². The lowest BCUT2D eigenvalue weighted by Gasteiger charge is -2.12. The van der Waals surface area contributed by atoms with Crippen LogP contribution in [0, 0.1) is 0 Å². The van der Waals surface area contributed by atoms with E-state index in [0.29, 0.717) is 25.0 Å². The topological polar surface area (TPSA) is 44.2 Å². The summed E-state index contributed by atoms with van der Waals surface area (Å²) in [5.74, 6) is 1.08. The van der Waals surface area contributed by atoms with Crippen LogP contribution < -0.4 is 9.47 Å². The standard InChI is InChI=1S/C24H38N2O2/c1-3-5-7-9-11-15-19-27-23-24(28-20-16-12-10-8-6-4-2)26-22-18-14-13-17-21(22)25-23/h13-14,17-18H,3-12,15-16,19-20H2,1-2H3. The summed E-state index contributed by atoms with van der Waals surface area (Å²) in [6.07, 6.45) is 14.9. The molecule has 0 radical (unpaired) electrons. The van der Waals surface area contributed by atoms with Gasteiger partial charge in [-0.05, 0) is 25.0 Å². The molecule has 0 aliphatic carbocycles.